The van der Waals surface area contributed by atoms with Crippen molar-refractivity contribution >= 4 is 0 Å². The predicted octanol–water partition coefficient (Wildman–Crippen LogP) is 3.53. The zero-order valence-electron chi connectivity index (χ0n) is 12.3. The largest absolute Gasteiger partial charge is 0.494 e. The third-order valence-corrected chi connectivity index (χ3v) is 3.01. The molecule has 0 saturated heterocycles. The maximum Gasteiger partial charge on any atom is 0.122 e. The van der Waals surface area contributed by atoms with E-state index in [-0.39, 0.29) is 0 Å². The van der Waals surface area contributed by atoms with Crippen molar-refractivity contribution in [3.63, 3.8) is 0 Å². The summed E-state index contributed by atoms with van der Waals surface area (Å²) < 4.78 is 5.68. The molecule has 0 amide bonds. The highest BCUT2D eigenvalue weighted by atomic mass is 16.5. The number of nitrogens with zero attached hydrogens (tertiary/aromatic N) is 1. The Hall–Kier alpha value is -1.02. The van der Waals surface area contributed by atoms with Gasteiger partial charge in [-0.25, -0.2) is 0 Å². The lowest BCUT2D eigenvalue weighted by molar-refractivity contribution is 0.336. The first-order valence-electron chi connectivity index (χ1n) is 7.06. The monoisotopic (exact) mass is 249 g/mol. The van der Waals surface area contributed by atoms with E-state index in [0.717, 1.165) is 31.7 Å². The third-order valence-electron chi connectivity index (χ3n) is 3.01. The van der Waals surface area contributed by atoms with Crippen molar-refractivity contribution in [1.29, 1.82) is 0 Å². The highest BCUT2D eigenvalue weighted by molar-refractivity contribution is 5.37. The van der Waals surface area contributed by atoms with Crippen molar-refractivity contribution in [3.8, 4) is 5.75 Å². The summed E-state index contributed by atoms with van der Waals surface area (Å²) in [6, 6.07) is 6.67. The molecule has 0 N–H and O–H groups in total. The van der Waals surface area contributed by atoms with Gasteiger partial charge in [-0.2, -0.15) is 0 Å². The van der Waals surface area contributed by atoms with Crippen LogP contribution in [0.1, 0.15) is 37.8 Å². The number of rotatable bonds is 8. The van der Waals surface area contributed by atoms with E-state index in [9.17, 15) is 0 Å². The predicted molar refractivity (Wildman–Crippen MR) is 78.5 cm³/mol. The van der Waals surface area contributed by atoms with E-state index in [1.54, 1.807) is 0 Å². The summed E-state index contributed by atoms with van der Waals surface area (Å²) >= 11 is 0. The molecule has 0 aliphatic heterocycles. The molecule has 0 fully saturated rings. The normalized spacial score (nSPS) is 10.9. The minimum atomic E-state index is 0.747. The lowest BCUT2D eigenvalue weighted by Crippen LogP contribution is -2.13. The molecule has 102 valence electrons. The Balaban J connectivity index is 2.66. The quantitative estimate of drug-likeness (QED) is 0.699. The number of ether oxygens (including phenoxy) is 1. The molecule has 0 aromatic heterocycles. The highest BCUT2D eigenvalue weighted by Crippen LogP contribution is 2.22. The van der Waals surface area contributed by atoms with Gasteiger partial charge in [0.25, 0.3) is 0 Å². The van der Waals surface area contributed by atoms with Crippen molar-refractivity contribution < 1.29 is 4.74 Å². The average molecular weight is 249 g/mol. The number of aryl methyl sites for hydroxylation is 2. The molecule has 0 unspecified atom stereocenters. The van der Waals surface area contributed by atoms with Gasteiger partial charge in [-0.15, -0.1) is 0 Å². The van der Waals surface area contributed by atoms with E-state index in [4.69, 9.17) is 4.74 Å². The van der Waals surface area contributed by atoms with Gasteiger partial charge in [0.05, 0.1) is 6.61 Å². The molecule has 1 rings (SSSR count). The average Bonchev–Trinajstić information content (AvgIpc) is 2.32. The zero-order valence-corrected chi connectivity index (χ0v) is 12.3. The van der Waals surface area contributed by atoms with Gasteiger partial charge in [0.15, 0.2) is 0 Å². The molecule has 0 aliphatic carbocycles. The van der Waals surface area contributed by atoms with E-state index in [1.165, 1.54) is 24.0 Å². The molecule has 2 nitrogen and oxygen atoms in total. The fourth-order valence-electron chi connectivity index (χ4n) is 2.15. The van der Waals surface area contributed by atoms with Crippen LogP contribution in [0.3, 0.4) is 0 Å². The van der Waals surface area contributed by atoms with Crippen LogP contribution in [0.25, 0.3) is 0 Å². The van der Waals surface area contributed by atoms with Gasteiger partial charge in [0.1, 0.15) is 5.75 Å². The summed E-state index contributed by atoms with van der Waals surface area (Å²) in [7, 11) is 4.25. The van der Waals surface area contributed by atoms with Crippen LogP contribution in [-0.2, 0) is 12.8 Å². The Morgan fingerprint density at radius 2 is 1.89 bits per heavy atom. The smallest absolute Gasteiger partial charge is 0.122 e. The molecule has 0 radical (unpaired) electrons. The van der Waals surface area contributed by atoms with Crippen molar-refractivity contribution in [3.05, 3.63) is 29.3 Å². The summed E-state index contributed by atoms with van der Waals surface area (Å²) in [6.45, 7) is 6.15. The summed E-state index contributed by atoms with van der Waals surface area (Å²) in [5.41, 5.74) is 2.80. The van der Waals surface area contributed by atoms with Gasteiger partial charge in [-0.3, -0.25) is 0 Å². The fourth-order valence-corrected chi connectivity index (χ4v) is 2.15. The first kappa shape index (κ1) is 15.0. The SMILES string of the molecule is CCCc1cc(CCCN(C)C)ccc1OCC. The maximum atomic E-state index is 5.68. The number of hydrogen-bond donors (Lipinski definition) is 0. The lowest BCUT2D eigenvalue weighted by atomic mass is 10.0. The minimum absolute atomic E-state index is 0.747. The molecule has 1 aromatic carbocycles. The zero-order chi connectivity index (χ0) is 13.4. The van der Waals surface area contributed by atoms with Gasteiger partial charge >= 0.3 is 0 Å². The second kappa shape index (κ2) is 8.15. The van der Waals surface area contributed by atoms with E-state index < -0.39 is 0 Å². The molecule has 0 heterocycles. The van der Waals surface area contributed by atoms with Crippen LogP contribution >= 0.6 is 0 Å². The Morgan fingerprint density at radius 3 is 2.50 bits per heavy atom. The van der Waals surface area contributed by atoms with Gasteiger partial charge in [0, 0.05) is 0 Å². The maximum absolute atomic E-state index is 5.68. The molecule has 0 atom stereocenters. The summed E-state index contributed by atoms with van der Waals surface area (Å²) in [5, 5.41) is 0. The number of hydrogen-bond acceptors (Lipinski definition) is 2. The fraction of sp³-hybridized carbons (Fsp3) is 0.625. The first-order valence-corrected chi connectivity index (χ1v) is 7.06. The van der Waals surface area contributed by atoms with Gasteiger partial charge in [-0.05, 0) is 64.0 Å². The summed E-state index contributed by atoms with van der Waals surface area (Å²) in [4.78, 5) is 2.24. The van der Waals surface area contributed by atoms with Crippen LogP contribution in [0.2, 0.25) is 0 Å². The van der Waals surface area contributed by atoms with Crippen molar-refractivity contribution in [2.45, 2.75) is 39.5 Å². The first-order chi connectivity index (χ1) is 8.67. The molecule has 0 aliphatic rings. The molecule has 0 spiro atoms. The van der Waals surface area contributed by atoms with Crippen molar-refractivity contribution in [2.24, 2.45) is 0 Å². The van der Waals surface area contributed by atoms with Crippen LogP contribution in [0.15, 0.2) is 18.2 Å². The molecule has 1 aromatic rings. The van der Waals surface area contributed by atoms with Crippen LogP contribution < -0.4 is 4.74 Å². The van der Waals surface area contributed by atoms with Gasteiger partial charge in [-0.1, -0.05) is 25.5 Å². The molecular weight excluding hydrogens is 222 g/mol. The molecular formula is C16H27NO. The number of benzene rings is 1. The van der Waals surface area contributed by atoms with E-state index in [0.29, 0.717) is 0 Å². The summed E-state index contributed by atoms with van der Waals surface area (Å²) in [6.07, 6.45) is 4.64. The Bertz CT molecular complexity index is 347. The van der Waals surface area contributed by atoms with E-state index in [2.05, 4.69) is 44.1 Å². The lowest BCUT2D eigenvalue weighted by Gasteiger charge is -2.13. The standard InChI is InChI=1S/C16H27NO/c1-5-8-15-13-14(9-7-12-17(3)4)10-11-16(15)18-6-2/h10-11,13H,5-9,12H2,1-4H3. The van der Waals surface area contributed by atoms with Crippen LogP contribution in [0, 0.1) is 0 Å². The van der Waals surface area contributed by atoms with Gasteiger partial charge < -0.3 is 9.64 Å². The Morgan fingerprint density at radius 1 is 1.11 bits per heavy atom. The van der Waals surface area contributed by atoms with Gasteiger partial charge in [0.2, 0.25) is 0 Å². The van der Waals surface area contributed by atoms with Crippen LogP contribution in [0.5, 0.6) is 5.75 Å². The van der Waals surface area contributed by atoms with Crippen molar-refractivity contribution in [1.82, 2.24) is 4.90 Å². The second-order valence-electron chi connectivity index (χ2n) is 5.03. The second-order valence-corrected chi connectivity index (χ2v) is 5.03. The van der Waals surface area contributed by atoms with Crippen LogP contribution in [0.4, 0.5) is 0 Å². The van der Waals surface area contributed by atoms with Crippen LogP contribution in [-0.4, -0.2) is 32.1 Å². The minimum Gasteiger partial charge on any atom is -0.494 e. The topological polar surface area (TPSA) is 12.5 Å². The molecule has 0 saturated carbocycles. The highest BCUT2D eigenvalue weighted by Gasteiger charge is 2.04. The summed E-state index contributed by atoms with van der Waals surface area (Å²) in [5.74, 6) is 1.07. The van der Waals surface area contributed by atoms with E-state index in [1.807, 2.05) is 6.92 Å². The molecule has 18 heavy (non-hydrogen) atoms. The van der Waals surface area contributed by atoms with Crippen molar-refractivity contribution in [2.75, 3.05) is 27.2 Å². The Kier molecular flexibility index (Phi) is 6.81. The molecule has 2 heteroatoms. The Labute approximate surface area is 112 Å². The molecule has 0 bridgehead atoms. The van der Waals surface area contributed by atoms with E-state index >= 15 is 0 Å². The third kappa shape index (κ3) is 5.09.